The first-order chi connectivity index (χ1) is 11.1. The molecule has 4 nitrogen and oxygen atoms in total. The van der Waals surface area contributed by atoms with Gasteiger partial charge in [0, 0.05) is 18.3 Å². The van der Waals surface area contributed by atoms with E-state index in [1.807, 2.05) is 30.3 Å². The Balaban J connectivity index is 2.08. The molecule has 2 rings (SSSR count). The van der Waals surface area contributed by atoms with Crippen LogP contribution < -0.4 is 10.6 Å². The lowest BCUT2D eigenvalue weighted by Crippen LogP contribution is -2.21. The average molecular weight is 310 g/mol. The number of benzene rings is 2. The van der Waals surface area contributed by atoms with Crippen LogP contribution >= 0.6 is 0 Å². The molecule has 2 aromatic carbocycles. The van der Waals surface area contributed by atoms with E-state index in [9.17, 15) is 9.59 Å². The number of carbonyl (C=O) groups is 2. The number of nitrogens with one attached hydrogen (secondary N) is 2. The predicted molar refractivity (Wildman–Crippen MR) is 93.5 cm³/mol. The SMILES string of the molecule is CCC[C@@H](C(=O)Nc1ccc(NC(C)=O)cc1)c1ccccc1. The maximum atomic E-state index is 12.6. The van der Waals surface area contributed by atoms with E-state index < -0.39 is 0 Å². The molecule has 0 saturated heterocycles. The molecule has 0 heterocycles. The van der Waals surface area contributed by atoms with Crippen molar-refractivity contribution in [3.8, 4) is 0 Å². The van der Waals surface area contributed by atoms with Gasteiger partial charge in [-0.1, -0.05) is 43.7 Å². The minimum Gasteiger partial charge on any atom is -0.326 e. The van der Waals surface area contributed by atoms with Gasteiger partial charge < -0.3 is 10.6 Å². The molecule has 2 aromatic rings. The van der Waals surface area contributed by atoms with E-state index in [0.29, 0.717) is 5.69 Å². The third kappa shape index (κ3) is 4.95. The summed E-state index contributed by atoms with van der Waals surface area (Å²) in [6.45, 7) is 3.54. The van der Waals surface area contributed by atoms with Gasteiger partial charge in [0.05, 0.1) is 5.92 Å². The first-order valence-corrected chi connectivity index (χ1v) is 7.83. The molecule has 120 valence electrons. The first kappa shape index (κ1) is 16.7. The Labute approximate surface area is 136 Å². The highest BCUT2D eigenvalue weighted by atomic mass is 16.2. The Morgan fingerprint density at radius 1 is 0.913 bits per heavy atom. The van der Waals surface area contributed by atoms with Gasteiger partial charge in [0.1, 0.15) is 0 Å². The molecular weight excluding hydrogens is 288 g/mol. The maximum Gasteiger partial charge on any atom is 0.231 e. The van der Waals surface area contributed by atoms with Crippen molar-refractivity contribution < 1.29 is 9.59 Å². The number of carbonyl (C=O) groups excluding carboxylic acids is 2. The van der Waals surface area contributed by atoms with Gasteiger partial charge >= 0.3 is 0 Å². The number of rotatable bonds is 6. The van der Waals surface area contributed by atoms with Gasteiger partial charge in [0.25, 0.3) is 0 Å². The standard InChI is InChI=1S/C19H22N2O2/c1-3-7-18(15-8-5-4-6-9-15)19(23)21-17-12-10-16(11-13-17)20-14(2)22/h4-6,8-13,18H,3,7H2,1-2H3,(H,20,22)(H,21,23)/t18-/m1/s1. The molecule has 0 fully saturated rings. The average Bonchev–Trinajstić information content (AvgIpc) is 2.54. The summed E-state index contributed by atoms with van der Waals surface area (Å²) in [6.07, 6.45) is 1.74. The van der Waals surface area contributed by atoms with E-state index in [0.717, 1.165) is 24.1 Å². The summed E-state index contributed by atoms with van der Waals surface area (Å²) in [5.41, 5.74) is 2.46. The zero-order valence-corrected chi connectivity index (χ0v) is 13.5. The fraction of sp³-hybridized carbons (Fsp3) is 0.263. The predicted octanol–water partition coefficient (Wildman–Crippen LogP) is 4.17. The highest BCUT2D eigenvalue weighted by Gasteiger charge is 2.19. The lowest BCUT2D eigenvalue weighted by molar-refractivity contribution is -0.117. The van der Waals surface area contributed by atoms with Gasteiger partial charge in [0.15, 0.2) is 0 Å². The molecule has 4 heteroatoms. The van der Waals surface area contributed by atoms with Crippen molar-refractivity contribution in [3.63, 3.8) is 0 Å². The topological polar surface area (TPSA) is 58.2 Å². The summed E-state index contributed by atoms with van der Waals surface area (Å²) in [4.78, 5) is 23.6. The Morgan fingerprint density at radius 2 is 1.48 bits per heavy atom. The Bertz CT molecular complexity index is 651. The molecule has 0 aromatic heterocycles. The quantitative estimate of drug-likeness (QED) is 0.841. The second kappa shape index (κ2) is 8.13. The minimum absolute atomic E-state index is 0.00896. The third-order valence-electron chi connectivity index (χ3n) is 3.57. The fourth-order valence-electron chi connectivity index (χ4n) is 2.49. The fourth-order valence-corrected chi connectivity index (χ4v) is 2.49. The van der Waals surface area contributed by atoms with Crippen LogP contribution in [-0.4, -0.2) is 11.8 Å². The third-order valence-corrected chi connectivity index (χ3v) is 3.57. The molecule has 0 radical (unpaired) electrons. The van der Waals surface area contributed by atoms with Crippen molar-refractivity contribution in [3.05, 3.63) is 60.2 Å². The van der Waals surface area contributed by atoms with Crippen molar-refractivity contribution in [2.24, 2.45) is 0 Å². The van der Waals surface area contributed by atoms with Gasteiger partial charge in [0.2, 0.25) is 11.8 Å². The summed E-state index contributed by atoms with van der Waals surface area (Å²) >= 11 is 0. The van der Waals surface area contributed by atoms with Crippen LogP contribution in [0.25, 0.3) is 0 Å². The van der Waals surface area contributed by atoms with Crippen LogP contribution in [-0.2, 0) is 9.59 Å². The molecular formula is C19H22N2O2. The van der Waals surface area contributed by atoms with Crippen LogP contribution in [0.3, 0.4) is 0 Å². The molecule has 0 aliphatic carbocycles. The molecule has 2 amide bonds. The Hall–Kier alpha value is -2.62. The van der Waals surface area contributed by atoms with Crippen LogP contribution in [0.1, 0.15) is 38.2 Å². The monoisotopic (exact) mass is 310 g/mol. The largest absolute Gasteiger partial charge is 0.326 e. The smallest absolute Gasteiger partial charge is 0.231 e. The van der Waals surface area contributed by atoms with Gasteiger partial charge in [-0.25, -0.2) is 0 Å². The molecule has 0 spiro atoms. The number of hydrogen-bond donors (Lipinski definition) is 2. The zero-order chi connectivity index (χ0) is 16.7. The molecule has 0 aliphatic rings. The molecule has 2 N–H and O–H groups in total. The van der Waals surface area contributed by atoms with E-state index in [2.05, 4.69) is 17.6 Å². The first-order valence-electron chi connectivity index (χ1n) is 7.83. The van der Waals surface area contributed by atoms with Crippen molar-refractivity contribution >= 4 is 23.2 Å². The van der Waals surface area contributed by atoms with Crippen LogP contribution in [0.5, 0.6) is 0 Å². The Kier molecular flexibility index (Phi) is 5.92. The molecule has 0 bridgehead atoms. The van der Waals surface area contributed by atoms with E-state index in [1.54, 1.807) is 24.3 Å². The van der Waals surface area contributed by atoms with Gasteiger partial charge in [-0.2, -0.15) is 0 Å². The highest BCUT2D eigenvalue weighted by molar-refractivity contribution is 5.96. The van der Waals surface area contributed by atoms with Gasteiger partial charge in [-0.15, -0.1) is 0 Å². The summed E-state index contributed by atoms with van der Waals surface area (Å²) in [6, 6.07) is 16.9. The van der Waals surface area contributed by atoms with Crippen molar-refractivity contribution in [2.45, 2.75) is 32.6 Å². The van der Waals surface area contributed by atoms with E-state index >= 15 is 0 Å². The van der Waals surface area contributed by atoms with Crippen LogP contribution in [0.2, 0.25) is 0 Å². The van der Waals surface area contributed by atoms with E-state index in [-0.39, 0.29) is 17.7 Å². The van der Waals surface area contributed by atoms with Crippen molar-refractivity contribution in [2.75, 3.05) is 10.6 Å². The van der Waals surface area contributed by atoms with E-state index in [1.165, 1.54) is 6.92 Å². The summed E-state index contributed by atoms with van der Waals surface area (Å²) in [7, 11) is 0. The second-order valence-corrected chi connectivity index (χ2v) is 5.50. The van der Waals surface area contributed by atoms with Crippen LogP contribution in [0.4, 0.5) is 11.4 Å². The molecule has 0 saturated carbocycles. The van der Waals surface area contributed by atoms with Crippen LogP contribution in [0, 0.1) is 0 Å². The van der Waals surface area contributed by atoms with Gasteiger partial charge in [-0.3, -0.25) is 9.59 Å². The van der Waals surface area contributed by atoms with E-state index in [4.69, 9.17) is 0 Å². The van der Waals surface area contributed by atoms with Gasteiger partial charge in [-0.05, 0) is 36.2 Å². The lowest BCUT2D eigenvalue weighted by atomic mass is 9.93. The number of anilines is 2. The maximum absolute atomic E-state index is 12.6. The summed E-state index contributed by atoms with van der Waals surface area (Å²) in [5.74, 6) is -0.282. The zero-order valence-electron chi connectivity index (χ0n) is 13.5. The summed E-state index contributed by atoms with van der Waals surface area (Å²) < 4.78 is 0. The summed E-state index contributed by atoms with van der Waals surface area (Å²) in [5, 5.41) is 5.66. The number of amides is 2. The van der Waals surface area contributed by atoms with Crippen molar-refractivity contribution in [1.82, 2.24) is 0 Å². The van der Waals surface area contributed by atoms with Crippen molar-refractivity contribution in [1.29, 1.82) is 0 Å². The number of hydrogen-bond acceptors (Lipinski definition) is 2. The molecule has 23 heavy (non-hydrogen) atoms. The molecule has 1 atom stereocenters. The Morgan fingerprint density at radius 3 is 2.00 bits per heavy atom. The van der Waals surface area contributed by atoms with Crippen LogP contribution in [0.15, 0.2) is 54.6 Å². The second-order valence-electron chi connectivity index (χ2n) is 5.50. The normalized spacial score (nSPS) is 11.6. The minimum atomic E-state index is -0.156. The highest BCUT2D eigenvalue weighted by Crippen LogP contribution is 2.23. The lowest BCUT2D eigenvalue weighted by Gasteiger charge is -2.16. The molecule has 0 aliphatic heterocycles. The molecule has 0 unspecified atom stereocenters.